The number of hydrogen-bond acceptors (Lipinski definition) is 6. The Labute approximate surface area is 145 Å². The number of esters is 1. The fourth-order valence-electron chi connectivity index (χ4n) is 2.76. The molecule has 9 nitrogen and oxygen atoms in total. The van der Waals surface area contributed by atoms with Gasteiger partial charge in [0.2, 0.25) is 6.54 Å². The molecule has 0 aromatic carbocycles. The molecular formula is C14H18F3N3O6. The maximum atomic E-state index is 13.0. The summed E-state index contributed by atoms with van der Waals surface area (Å²) in [4.78, 5) is 34.4. The van der Waals surface area contributed by atoms with Gasteiger partial charge in [-0.1, -0.05) is 6.92 Å². The van der Waals surface area contributed by atoms with Crippen LogP contribution in [-0.2, 0) is 27.5 Å². The van der Waals surface area contributed by atoms with Crippen molar-refractivity contribution in [2.24, 2.45) is 12.5 Å². The van der Waals surface area contributed by atoms with Gasteiger partial charge in [-0.3, -0.25) is 24.4 Å². The summed E-state index contributed by atoms with van der Waals surface area (Å²) in [6, 6.07) is 0.515. The van der Waals surface area contributed by atoms with E-state index in [1.807, 2.05) is 0 Å². The lowest BCUT2D eigenvalue weighted by Crippen LogP contribution is -2.47. The molecule has 0 bridgehead atoms. The molecule has 0 amide bonds. The SMILES string of the molecule is CCOC(=O)C(CC)(C(=O)O)[C@H](C[N+](=O)[O-])c1cc(C(F)(F)F)n(C)n1. The number of alkyl halides is 3. The first-order valence-corrected chi connectivity index (χ1v) is 7.55. The van der Waals surface area contributed by atoms with Gasteiger partial charge in [0, 0.05) is 12.0 Å². The highest BCUT2D eigenvalue weighted by molar-refractivity contribution is 6.00. The van der Waals surface area contributed by atoms with E-state index >= 15 is 0 Å². The first-order chi connectivity index (χ1) is 11.9. The van der Waals surface area contributed by atoms with E-state index in [1.54, 1.807) is 0 Å². The molecule has 1 N–H and O–H groups in total. The zero-order chi connectivity index (χ0) is 20.3. The van der Waals surface area contributed by atoms with Gasteiger partial charge in [0.25, 0.3) is 0 Å². The van der Waals surface area contributed by atoms with Crippen LogP contribution in [0.25, 0.3) is 0 Å². The largest absolute Gasteiger partial charge is 0.480 e. The molecule has 0 saturated carbocycles. The van der Waals surface area contributed by atoms with Crippen molar-refractivity contribution >= 4 is 11.9 Å². The molecule has 0 fully saturated rings. The molecule has 0 saturated heterocycles. The van der Waals surface area contributed by atoms with Crippen LogP contribution in [0.2, 0.25) is 0 Å². The van der Waals surface area contributed by atoms with Crippen molar-refractivity contribution in [3.05, 3.63) is 27.6 Å². The number of halogens is 3. The Kier molecular flexibility index (Phi) is 6.34. The molecule has 146 valence electrons. The van der Waals surface area contributed by atoms with Crippen LogP contribution >= 0.6 is 0 Å². The summed E-state index contributed by atoms with van der Waals surface area (Å²) in [6.45, 7) is 1.39. The Bertz CT molecular complexity index is 703. The molecule has 0 aliphatic heterocycles. The number of rotatable bonds is 8. The van der Waals surface area contributed by atoms with E-state index in [0.29, 0.717) is 10.7 Å². The monoisotopic (exact) mass is 381 g/mol. The Hall–Kier alpha value is -2.66. The second-order valence-corrected chi connectivity index (χ2v) is 5.49. The molecule has 12 heteroatoms. The Morgan fingerprint density at radius 1 is 1.42 bits per heavy atom. The standard InChI is InChI=1S/C14H18F3N3O6/c1-4-13(11(21)22,12(23)26-5-2)8(7-20(24)25)9-6-10(14(15,16)17)19(3)18-9/h6,8H,4-5,7H2,1-3H3,(H,21,22)/t8-,13?/m1/s1. The summed E-state index contributed by atoms with van der Waals surface area (Å²) in [7, 11) is 0.967. The van der Waals surface area contributed by atoms with Gasteiger partial charge in [-0.2, -0.15) is 18.3 Å². The highest BCUT2D eigenvalue weighted by Crippen LogP contribution is 2.42. The van der Waals surface area contributed by atoms with Gasteiger partial charge in [-0.15, -0.1) is 0 Å². The molecule has 26 heavy (non-hydrogen) atoms. The topological polar surface area (TPSA) is 125 Å². The average Bonchev–Trinajstić information content (AvgIpc) is 2.88. The Morgan fingerprint density at radius 2 is 2.00 bits per heavy atom. The van der Waals surface area contributed by atoms with Crippen molar-refractivity contribution in [1.82, 2.24) is 9.78 Å². The number of aryl methyl sites for hydroxylation is 1. The average molecular weight is 381 g/mol. The summed E-state index contributed by atoms with van der Waals surface area (Å²) in [5, 5.41) is 24.3. The van der Waals surface area contributed by atoms with Crippen LogP contribution in [-0.4, -0.2) is 44.9 Å². The molecule has 1 aromatic rings. The number of carboxylic acids is 1. The molecule has 1 aromatic heterocycles. The van der Waals surface area contributed by atoms with E-state index in [0.717, 1.165) is 7.05 Å². The van der Waals surface area contributed by atoms with Crippen LogP contribution in [0.1, 0.15) is 37.6 Å². The number of nitrogens with zero attached hydrogens (tertiary/aromatic N) is 3. The maximum Gasteiger partial charge on any atom is 0.433 e. The van der Waals surface area contributed by atoms with Crippen LogP contribution in [0.4, 0.5) is 13.2 Å². The molecule has 2 atom stereocenters. The van der Waals surface area contributed by atoms with Gasteiger partial charge in [-0.05, 0) is 19.4 Å². The number of aliphatic carboxylic acids is 1. The van der Waals surface area contributed by atoms with E-state index in [4.69, 9.17) is 4.74 Å². The van der Waals surface area contributed by atoms with Crippen LogP contribution in [0.15, 0.2) is 6.07 Å². The number of hydrogen-bond donors (Lipinski definition) is 1. The number of nitro groups is 1. The molecule has 0 spiro atoms. The van der Waals surface area contributed by atoms with E-state index in [1.165, 1.54) is 13.8 Å². The lowest BCUT2D eigenvalue weighted by molar-refractivity contribution is -0.485. The predicted octanol–water partition coefficient (Wildman–Crippen LogP) is 1.84. The Morgan fingerprint density at radius 3 is 2.35 bits per heavy atom. The van der Waals surface area contributed by atoms with Crippen molar-refractivity contribution in [3.8, 4) is 0 Å². The minimum atomic E-state index is -4.80. The van der Waals surface area contributed by atoms with Gasteiger partial charge in [0.05, 0.1) is 18.2 Å². The third-order valence-electron chi connectivity index (χ3n) is 4.05. The molecule has 0 radical (unpaired) electrons. The fourth-order valence-corrected chi connectivity index (χ4v) is 2.76. The minimum absolute atomic E-state index is 0.199. The van der Waals surface area contributed by atoms with Crippen molar-refractivity contribution in [2.45, 2.75) is 32.4 Å². The Balaban J connectivity index is 3.64. The van der Waals surface area contributed by atoms with E-state index in [9.17, 15) is 38.0 Å². The van der Waals surface area contributed by atoms with Crippen molar-refractivity contribution in [2.75, 3.05) is 13.2 Å². The minimum Gasteiger partial charge on any atom is -0.480 e. The quantitative estimate of drug-likeness (QED) is 0.315. The van der Waals surface area contributed by atoms with E-state index in [-0.39, 0.29) is 6.61 Å². The first kappa shape index (κ1) is 21.4. The van der Waals surface area contributed by atoms with E-state index in [2.05, 4.69) is 5.10 Å². The summed E-state index contributed by atoms with van der Waals surface area (Å²) in [5.74, 6) is -4.74. The lowest BCUT2D eigenvalue weighted by atomic mass is 9.71. The number of aromatic nitrogens is 2. The zero-order valence-corrected chi connectivity index (χ0v) is 14.2. The lowest BCUT2D eigenvalue weighted by Gasteiger charge is -2.30. The third kappa shape index (κ3) is 3.94. The second kappa shape index (κ2) is 7.70. The first-order valence-electron chi connectivity index (χ1n) is 7.55. The summed E-state index contributed by atoms with van der Waals surface area (Å²) >= 11 is 0. The summed E-state index contributed by atoms with van der Waals surface area (Å²) < 4.78 is 44.2. The molecule has 1 heterocycles. The van der Waals surface area contributed by atoms with Crippen molar-refractivity contribution in [3.63, 3.8) is 0 Å². The van der Waals surface area contributed by atoms with Gasteiger partial charge >= 0.3 is 18.1 Å². The number of carbonyl (C=O) groups is 2. The van der Waals surface area contributed by atoms with E-state index < -0.39 is 58.7 Å². The van der Waals surface area contributed by atoms with Crippen LogP contribution in [0.3, 0.4) is 0 Å². The zero-order valence-electron chi connectivity index (χ0n) is 14.2. The normalized spacial score (nSPS) is 15.2. The summed E-state index contributed by atoms with van der Waals surface area (Å²) in [6.07, 6.45) is -5.24. The van der Waals surface area contributed by atoms with Gasteiger partial charge in [0.15, 0.2) is 5.41 Å². The van der Waals surface area contributed by atoms with Gasteiger partial charge in [0.1, 0.15) is 5.69 Å². The van der Waals surface area contributed by atoms with Crippen LogP contribution in [0, 0.1) is 15.5 Å². The molecular weight excluding hydrogens is 363 g/mol. The maximum absolute atomic E-state index is 13.0. The van der Waals surface area contributed by atoms with Crippen LogP contribution < -0.4 is 0 Å². The molecule has 1 rings (SSSR count). The fraction of sp³-hybridized carbons (Fsp3) is 0.643. The van der Waals surface area contributed by atoms with Crippen molar-refractivity contribution < 1.29 is 37.5 Å². The second-order valence-electron chi connectivity index (χ2n) is 5.49. The number of carboxylic acid groups (broad SMARTS) is 1. The highest BCUT2D eigenvalue weighted by Gasteiger charge is 2.56. The third-order valence-corrected chi connectivity index (χ3v) is 4.05. The number of carbonyl (C=O) groups excluding carboxylic acids is 1. The van der Waals surface area contributed by atoms with Crippen LogP contribution in [0.5, 0.6) is 0 Å². The molecule has 0 aliphatic carbocycles. The molecule has 1 unspecified atom stereocenters. The smallest absolute Gasteiger partial charge is 0.433 e. The van der Waals surface area contributed by atoms with Crippen molar-refractivity contribution in [1.29, 1.82) is 0 Å². The summed E-state index contributed by atoms with van der Waals surface area (Å²) in [5.41, 5.74) is -4.19. The molecule has 0 aliphatic rings. The van der Waals surface area contributed by atoms with Gasteiger partial charge < -0.3 is 9.84 Å². The highest BCUT2D eigenvalue weighted by atomic mass is 19.4. The number of ether oxygens (including phenoxy) is 1. The predicted molar refractivity (Wildman–Crippen MR) is 79.8 cm³/mol. The van der Waals surface area contributed by atoms with Gasteiger partial charge in [-0.25, -0.2) is 0 Å².